The lowest BCUT2D eigenvalue weighted by Crippen LogP contribution is -2.21. The van der Waals surface area contributed by atoms with Crippen molar-refractivity contribution >= 4 is 16.7 Å². The number of carboxylic acid groups (broad SMARTS) is 1. The van der Waals surface area contributed by atoms with Gasteiger partial charge in [-0.25, -0.2) is 4.79 Å². The molecule has 0 radical (unpaired) electrons. The number of alkyl halides is 3. The second-order valence-electron chi connectivity index (χ2n) is 4.03. The molecule has 20 heavy (non-hydrogen) atoms. The maximum Gasteiger partial charge on any atom is 0.490 e. The van der Waals surface area contributed by atoms with E-state index < -0.39 is 12.1 Å². The molecule has 0 aliphatic carbocycles. The zero-order valence-corrected chi connectivity index (χ0v) is 11.2. The van der Waals surface area contributed by atoms with Gasteiger partial charge in [0.15, 0.2) is 0 Å². The number of carboxylic acids is 1. The van der Waals surface area contributed by atoms with Crippen molar-refractivity contribution < 1.29 is 23.1 Å². The highest BCUT2D eigenvalue weighted by Crippen LogP contribution is 2.20. The van der Waals surface area contributed by atoms with Crippen molar-refractivity contribution in [2.75, 3.05) is 0 Å². The highest BCUT2D eigenvalue weighted by atomic mass is 19.4. The average molecular weight is 287 g/mol. The number of aryl methyl sites for hydroxylation is 2. The summed E-state index contributed by atoms with van der Waals surface area (Å²) in [6, 6.07) is 12.9. The fraction of sp³-hybridized carbons (Fsp3) is 0.214. The molecule has 6 heteroatoms. The maximum absolute atomic E-state index is 10.6. The van der Waals surface area contributed by atoms with Crippen LogP contribution in [0, 0.1) is 13.8 Å². The van der Waals surface area contributed by atoms with E-state index in [-0.39, 0.29) is 6.15 Å². The van der Waals surface area contributed by atoms with Crippen LogP contribution in [-0.4, -0.2) is 17.3 Å². The molecular weight excluding hydrogens is 271 g/mol. The Hall–Kier alpha value is -2.08. The van der Waals surface area contributed by atoms with Crippen LogP contribution in [-0.2, 0) is 4.79 Å². The Balaban J connectivity index is 0.000000396. The summed E-state index contributed by atoms with van der Waals surface area (Å²) >= 11 is 0. The van der Waals surface area contributed by atoms with E-state index in [2.05, 4.69) is 50.2 Å². The van der Waals surface area contributed by atoms with E-state index >= 15 is 0 Å². The van der Waals surface area contributed by atoms with Gasteiger partial charge in [-0.05, 0) is 35.7 Å². The minimum Gasteiger partial charge on any atom is -0.475 e. The maximum atomic E-state index is 10.6. The van der Waals surface area contributed by atoms with Crippen molar-refractivity contribution in [1.82, 2.24) is 6.15 Å². The number of aliphatic carboxylic acids is 1. The lowest BCUT2D eigenvalue weighted by atomic mass is 10.0. The van der Waals surface area contributed by atoms with Crippen LogP contribution in [0.5, 0.6) is 0 Å². The van der Waals surface area contributed by atoms with Gasteiger partial charge in [0, 0.05) is 0 Å². The molecule has 2 rings (SSSR count). The molecule has 0 unspecified atom stereocenters. The lowest BCUT2D eigenvalue weighted by Gasteiger charge is -2.04. The molecule has 110 valence electrons. The van der Waals surface area contributed by atoms with Crippen LogP contribution in [0.15, 0.2) is 36.4 Å². The number of hydrogen-bond acceptors (Lipinski definition) is 2. The molecule has 0 aliphatic heterocycles. The molecule has 4 N–H and O–H groups in total. The topological polar surface area (TPSA) is 72.3 Å². The van der Waals surface area contributed by atoms with Crippen LogP contribution in [0.1, 0.15) is 11.1 Å². The SMILES string of the molecule is Cc1ccc2ccccc2c1C.N.O=C(O)C(F)(F)F. The van der Waals surface area contributed by atoms with Crippen molar-refractivity contribution in [2.24, 2.45) is 0 Å². The van der Waals surface area contributed by atoms with Gasteiger partial charge in [-0.3, -0.25) is 0 Å². The van der Waals surface area contributed by atoms with Crippen LogP contribution < -0.4 is 6.15 Å². The third kappa shape index (κ3) is 4.55. The molecule has 0 heterocycles. The van der Waals surface area contributed by atoms with E-state index in [0.717, 1.165) is 0 Å². The average Bonchev–Trinajstić information content (AvgIpc) is 2.34. The first-order valence-electron chi connectivity index (χ1n) is 5.48. The molecule has 2 aromatic carbocycles. The molecule has 0 saturated heterocycles. The van der Waals surface area contributed by atoms with E-state index in [0.29, 0.717) is 0 Å². The summed E-state index contributed by atoms with van der Waals surface area (Å²) < 4.78 is 31.7. The van der Waals surface area contributed by atoms with Crippen molar-refractivity contribution in [3.8, 4) is 0 Å². The predicted molar refractivity (Wildman–Crippen MR) is 72.1 cm³/mol. The lowest BCUT2D eigenvalue weighted by molar-refractivity contribution is -0.192. The molecule has 2 aromatic rings. The predicted octanol–water partition coefficient (Wildman–Crippen LogP) is 4.25. The number of benzene rings is 2. The molecule has 0 aliphatic rings. The largest absolute Gasteiger partial charge is 0.490 e. The van der Waals surface area contributed by atoms with Crippen LogP contribution in [0.4, 0.5) is 13.2 Å². The number of rotatable bonds is 0. The molecule has 3 nitrogen and oxygen atoms in total. The second-order valence-corrected chi connectivity index (χ2v) is 4.03. The fourth-order valence-electron chi connectivity index (χ4n) is 1.54. The smallest absolute Gasteiger partial charge is 0.475 e. The molecule has 0 spiro atoms. The monoisotopic (exact) mass is 287 g/mol. The van der Waals surface area contributed by atoms with Gasteiger partial charge in [0.05, 0.1) is 0 Å². The summed E-state index contributed by atoms with van der Waals surface area (Å²) in [6.45, 7) is 4.33. The number of fused-ring (bicyclic) bond motifs is 1. The summed E-state index contributed by atoms with van der Waals surface area (Å²) in [4.78, 5) is 8.90. The Morgan fingerprint density at radius 1 is 1.05 bits per heavy atom. The van der Waals surface area contributed by atoms with E-state index in [1.807, 2.05) is 0 Å². The molecule has 0 saturated carbocycles. The number of carbonyl (C=O) groups is 1. The first-order valence-corrected chi connectivity index (χ1v) is 5.48. The summed E-state index contributed by atoms with van der Waals surface area (Å²) in [5.41, 5.74) is 2.77. The highest BCUT2D eigenvalue weighted by Gasteiger charge is 2.38. The Bertz CT molecular complexity index is 594. The van der Waals surface area contributed by atoms with E-state index in [4.69, 9.17) is 9.90 Å². The van der Waals surface area contributed by atoms with Gasteiger partial charge in [-0.15, -0.1) is 0 Å². The molecule has 0 atom stereocenters. The molecular formula is C14H16F3NO2. The standard InChI is InChI=1S/C12H12.C2HF3O2.H3N/c1-9-7-8-11-5-3-4-6-12(11)10(9)2;3-2(4,5)1(6)7;/h3-8H,1-2H3;(H,6,7);1H3. The van der Waals surface area contributed by atoms with E-state index in [1.54, 1.807) is 0 Å². The zero-order chi connectivity index (χ0) is 14.6. The van der Waals surface area contributed by atoms with Crippen LogP contribution >= 0.6 is 0 Å². The summed E-state index contributed by atoms with van der Waals surface area (Å²) in [5, 5.41) is 9.83. The van der Waals surface area contributed by atoms with Gasteiger partial charge in [0.2, 0.25) is 0 Å². The normalized spacial score (nSPS) is 10.2. The molecule has 0 aromatic heterocycles. The van der Waals surface area contributed by atoms with E-state index in [1.165, 1.54) is 21.9 Å². The quantitative estimate of drug-likeness (QED) is 0.760. The van der Waals surface area contributed by atoms with Crippen molar-refractivity contribution in [3.63, 3.8) is 0 Å². The van der Waals surface area contributed by atoms with Gasteiger partial charge in [0.25, 0.3) is 0 Å². The Kier molecular flexibility index (Phi) is 6.19. The molecule has 0 bridgehead atoms. The van der Waals surface area contributed by atoms with Crippen LogP contribution in [0.25, 0.3) is 10.8 Å². The minimum absolute atomic E-state index is 0. The third-order valence-corrected chi connectivity index (χ3v) is 2.71. The van der Waals surface area contributed by atoms with Gasteiger partial charge >= 0.3 is 12.1 Å². The Labute approximate surface area is 114 Å². The van der Waals surface area contributed by atoms with Crippen LogP contribution in [0.2, 0.25) is 0 Å². The summed E-state index contributed by atoms with van der Waals surface area (Å²) in [6.07, 6.45) is -5.08. The highest BCUT2D eigenvalue weighted by molar-refractivity contribution is 5.86. The zero-order valence-electron chi connectivity index (χ0n) is 11.2. The van der Waals surface area contributed by atoms with Crippen LogP contribution in [0.3, 0.4) is 0 Å². The van der Waals surface area contributed by atoms with Gasteiger partial charge < -0.3 is 11.3 Å². The third-order valence-electron chi connectivity index (χ3n) is 2.71. The minimum atomic E-state index is -5.08. The van der Waals surface area contributed by atoms with Gasteiger partial charge in [0.1, 0.15) is 0 Å². The first kappa shape index (κ1) is 17.9. The van der Waals surface area contributed by atoms with E-state index in [9.17, 15) is 13.2 Å². The van der Waals surface area contributed by atoms with Gasteiger partial charge in [-0.2, -0.15) is 13.2 Å². The first-order chi connectivity index (χ1) is 8.73. The van der Waals surface area contributed by atoms with Gasteiger partial charge in [-0.1, -0.05) is 36.4 Å². The van der Waals surface area contributed by atoms with Crippen molar-refractivity contribution in [3.05, 3.63) is 47.5 Å². The summed E-state index contributed by atoms with van der Waals surface area (Å²) in [5.74, 6) is -2.76. The van der Waals surface area contributed by atoms with Crippen molar-refractivity contribution in [2.45, 2.75) is 20.0 Å². The Morgan fingerprint density at radius 3 is 2.05 bits per heavy atom. The fourth-order valence-corrected chi connectivity index (χ4v) is 1.54. The second kappa shape index (κ2) is 6.91. The number of halogens is 3. The van der Waals surface area contributed by atoms with Crippen molar-refractivity contribution in [1.29, 1.82) is 0 Å². The number of hydrogen-bond donors (Lipinski definition) is 2. The Morgan fingerprint density at radius 2 is 1.55 bits per heavy atom. The summed E-state index contributed by atoms with van der Waals surface area (Å²) in [7, 11) is 0. The molecule has 0 fully saturated rings. The molecule has 0 amide bonds.